The third-order valence-electron chi connectivity index (χ3n) is 3.39. The van der Waals surface area contributed by atoms with Crippen LogP contribution in [0.25, 0.3) is 16.6 Å². The number of hydrogen-bond donors (Lipinski definition) is 1. The molecular formula is C15H15ClN4. The van der Waals surface area contributed by atoms with E-state index in [1.165, 1.54) is 0 Å². The molecule has 20 heavy (non-hydrogen) atoms. The highest BCUT2D eigenvalue weighted by Crippen LogP contribution is 2.26. The third kappa shape index (κ3) is 1.97. The fourth-order valence-electron chi connectivity index (χ4n) is 2.33. The van der Waals surface area contributed by atoms with E-state index in [9.17, 15) is 0 Å². The second kappa shape index (κ2) is 4.89. The molecule has 3 aromatic rings. The Labute approximate surface area is 122 Å². The van der Waals surface area contributed by atoms with Gasteiger partial charge >= 0.3 is 0 Å². The largest absolute Gasteiger partial charge is 0.325 e. The molecule has 0 aliphatic heterocycles. The number of fused-ring (bicyclic) bond motifs is 1. The van der Waals surface area contributed by atoms with Gasteiger partial charge < -0.3 is 5.73 Å². The summed E-state index contributed by atoms with van der Waals surface area (Å²) in [6, 6.07) is 10.1. The zero-order chi connectivity index (χ0) is 14.3. The molecule has 5 heteroatoms. The first-order chi connectivity index (χ1) is 9.61. The van der Waals surface area contributed by atoms with E-state index in [1.54, 1.807) is 4.68 Å². The van der Waals surface area contributed by atoms with Crippen LogP contribution in [-0.4, -0.2) is 14.8 Å². The first-order valence-electron chi connectivity index (χ1n) is 6.42. The van der Waals surface area contributed by atoms with E-state index in [-0.39, 0.29) is 0 Å². The lowest BCUT2D eigenvalue weighted by Gasteiger charge is -2.10. The first kappa shape index (κ1) is 13.1. The molecular weight excluding hydrogens is 272 g/mol. The predicted octanol–water partition coefficient (Wildman–Crippen LogP) is 3.15. The van der Waals surface area contributed by atoms with E-state index in [0.717, 1.165) is 33.7 Å². The minimum absolute atomic E-state index is 0.394. The quantitative estimate of drug-likeness (QED) is 0.787. The Morgan fingerprint density at radius 1 is 1.25 bits per heavy atom. The van der Waals surface area contributed by atoms with Crippen molar-refractivity contribution in [3.63, 3.8) is 0 Å². The minimum atomic E-state index is 0.394. The number of pyridine rings is 1. The molecule has 0 saturated heterocycles. The van der Waals surface area contributed by atoms with Crippen molar-refractivity contribution in [2.24, 2.45) is 5.73 Å². The van der Waals surface area contributed by atoms with Crippen LogP contribution in [0.15, 0.2) is 30.3 Å². The van der Waals surface area contributed by atoms with Crippen molar-refractivity contribution in [2.75, 3.05) is 0 Å². The Hall–Kier alpha value is -1.91. The first-order valence-corrected chi connectivity index (χ1v) is 6.80. The SMILES string of the molecule is Cc1nn(-c2nc(CN)cc3ccccc23)c(C)c1Cl. The summed E-state index contributed by atoms with van der Waals surface area (Å²) in [5.41, 5.74) is 8.26. The van der Waals surface area contributed by atoms with Gasteiger partial charge in [0, 0.05) is 11.9 Å². The number of halogens is 1. The highest BCUT2D eigenvalue weighted by Gasteiger charge is 2.14. The van der Waals surface area contributed by atoms with E-state index in [1.807, 2.05) is 44.2 Å². The average molecular weight is 287 g/mol. The van der Waals surface area contributed by atoms with Crippen molar-refractivity contribution < 1.29 is 0 Å². The standard InChI is InChI=1S/C15H15ClN4/c1-9-14(16)10(2)20(19-9)15-13-6-4-3-5-11(13)7-12(8-17)18-15/h3-7H,8,17H2,1-2H3. The zero-order valence-corrected chi connectivity index (χ0v) is 12.1. The van der Waals surface area contributed by atoms with Crippen LogP contribution in [0.5, 0.6) is 0 Å². The number of benzene rings is 1. The summed E-state index contributed by atoms with van der Waals surface area (Å²) >= 11 is 6.24. The lowest BCUT2D eigenvalue weighted by molar-refractivity contribution is 0.802. The Morgan fingerprint density at radius 3 is 2.65 bits per heavy atom. The molecule has 2 aromatic heterocycles. The Kier molecular flexibility index (Phi) is 3.20. The van der Waals surface area contributed by atoms with Gasteiger partial charge in [0.25, 0.3) is 0 Å². The number of rotatable bonds is 2. The van der Waals surface area contributed by atoms with Gasteiger partial charge in [0.2, 0.25) is 0 Å². The van der Waals surface area contributed by atoms with Gasteiger partial charge in [0.1, 0.15) is 0 Å². The Morgan fingerprint density at radius 2 is 2.00 bits per heavy atom. The molecule has 0 aliphatic rings. The summed E-state index contributed by atoms with van der Waals surface area (Å²) < 4.78 is 1.79. The highest BCUT2D eigenvalue weighted by atomic mass is 35.5. The fourth-order valence-corrected chi connectivity index (χ4v) is 2.45. The maximum atomic E-state index is 6.24. The molecule has 0 amide bonds. The molecule has 2 heterocycles. The van der Waals surface area contributed by atoms with Gasteiger partial charge in [-0.2, -0.15) is 5.10 Å². The summed E-state index contributed by atoms with van der Waals surface area (Å²) in [4.78, 5) is 4.62. The molecule has 0 spiro atoms. The molecule has 0 saturated carbocycles. The summed E-state index contributed by atoms with van der Waals surface area (Å²) in [7, 11) is 0. The van der Waals surface area contributed by atoms with Crippen LogP contribution in [0.3, 0.4) is 0 Å². The number of nitrogens with two attached hydrogens (primary N) is 1. The lowest BCUT2D eigenvalue weighted by atomic mass is 10.1. The molecule has 0 unspecified atom stereocenters. The summed E-state index contributed by atoms with van der Waals surface area (Å²) in [6.45, 7) is 4.22. The maximum Gasteiger partial charge on any atom is 0.161 e. The van der Waals surface area contributed by atoms with Gasteiger partial charge in [-0.25, -0.2) is 9.67 Å². The van der Waals surface area contributed by atoms with Crippen LogP contribution in [0.4, 0.5) is 0 Å². The normalized spacial score (nSPS) is 11.2. The fraction of sp³-hybridized carbons (Fsp3) is 0.200. The number of aromatic nitrogens is 3. The topological polar surface area (TPSA) is 56.7 Å². The van der Waals surface area contributed by atoms with Crippen LogP contribution >= 0.6 is 11.6 Å². The molecule has 0 aliphatic carbocycles. The van der Waals surface area contributed by atoms with E-state index < -0.39 is 0 Å². The summed E-state index contributed by atoms with van der Waals surface area (Å²) in [5.74, 6) is 0.774. The van der Waals surface area contributed by atoms with Crippen molar-refractivity contribution in [2.45, 2.75) is 20.4 Å². The molecule has 2 N–H and O–H groups in total. The monoisotopic (exact) mass is 286 g/mol. The van der Waals surface area contributed by atoms with Crippen molar-refractivity contribution in [1.82, 2.24) is 14.8 Å². The van der Waals surface area contributed by atoms with Crippen LogP contribution in [0, 0.1) is 13.8 Å². The molecule has 4 nitrogen and oxygen atoms in total. The number of nitrogens with zero attached hydrogens (tertiary/aromatic N) is 3. The highest BCUT2D eigenvalue weighted by molar-refractivity contribution is 6.31. The number of aryl methyl sites for hydroxylation is 1. The smallest absolute Gasteiger partial charge is 0.161 e. The lowest BCUT2D eigenvalue weighted by Crippen LogP contribution is -2.07. The van der Waals surface area contributed by atoms with Crippen LogP contribution in [0.1, 0.15) is 17.1 Å². The second-order valence-corrected chi connectivity index (χ2v) is 5.14. The molecule has 0 bridgehead atoms. The van der Waals surface area contributed by atoms with E-state index in [2.05, 4.69) is 10.1 Å². The third-order valence-corrected chi connectivity index (χ3v) is 3.93. The van der Waals surface area contributed by atoms with Gasteiger partial charge in [-0.05, 0) is 25.3 Å². The average Bonchev–Trinajstić information content (AvgIpc) is 2.73. The van der Waals surface area contributed by atoms with Gasteiger partial charge in [-0.15, -0.1) is 0 Å². The molecule has 0 atom stereocenters. The Bertz CT molecular complexity index is 792. The molecule has 0 fully saturated rings. The minimum Gasteiger partial charge on any atom is -0.325 e. The van der Waals surface area contributed by atoms with Crippen LogP contribution in [0.2, 0.25) is 5.02 Å². The molecule has 0 radical (unpaired) electrons. The number of hydrogen-bond acceptors (Lipinski definition) is 3. The van der Waals surface area contributed by atoms with Gasteiger partial charge in [0.05, 0.1) is 22.1 Å². The van der Waals surface area contributed by atoms with E-state index in [4.69, 9.17) is 17.3 Å². The van der Waals surface area contributed by atoms with E-state index >= 15 is 0 Å². The van der Waals surface area contributed by atoms with Crippen molar-refractivity contribution in [1.29, 1.82) is 0 Å². The summed E-state index contributed by atoms with van der Waals surface area (Å²) in [6.07, 6.45) is 0. The van der Waals surface area contributed by atoms with Crippen molar-refractivity contribution in [3.8, 4) is 5.82 Å². The van der Waals surface area contributed by atoms with E-state index in [0.29, 0.717) is 11.6 Å². The summed E-state index contributed by atoms with van der Waals surface area (Å²) in [5, 5.41) is 7.29. The maximum absolute atomic E-state index is 6.24. The van der Waals surface area contributed by atoms with Gasteiger partial charge in [-0.3, -0.25) is 0 Å². The second-order valence-electron chi connectivity index (χ2n) is 4.76. The molecule has 1 aromatic carbocycles. The molecule has 102 valence electrons. The zero-order valence-electron chi connectivity index (χ0n) is 11.4. The van der Waals surface area contributed by atoms with Crippen molar-refractivity contribution >= 4 is 22.4 Å². The van der Waals surface area contributed by atoms with Crippen LogP contribution < -0.4 is 5.73 Å². The van der Waals surface area contributed by atoms with Gasteiger partial charge in [0.15, 0.2) is 5.82 Å². The predicted molar refractivity (Wildman–Crippen MR) is 81.2 cm³/mol. The molecule has 3 rings (SSSR count). The van der Waals surface area contributed by atoms with Crippen molar-refractivity contribution in [3.05, 3.63) is 52.4 Å². The van der Waals surface area contributed by atoms with Crippen LogP contribution in [-0.2, 0) is 6.54 Å². The Balaban J connectivity index is 2.37. The van der Waals surface area contributed by atoms with Gasteiger partial charge in [-0.1, -0.05) is 35.9 Å².